The summed E-state index contributed by atoms with van der Waals surface area (Å²) in [4.78, 5) is 23.1. The van der Waals surface area contributed by atoms with Crippen molar-refractivity contribution in [1.82, 2.24) is 14.9 Å². The van der Waals surface area contributed by atoms with E-state index >= 15 is 0 Å². The predicted molar refractivity (Wildman–Crippen MR) is 135 cm³/mol. The van der Waals surface area contributed by atoms with Crippen molar-refractivity contribution in [1.29, 1.82) is 0 Å². The zero-order chi connectivity index (χ0) is 24.1. The summed E-state index contributed by atoms with van der Waals surface area (Å²) in [7, 11) is 4.00. The second-order valence-corrected chi connectivity index (χ2v) is 8.68. The van der Waals surface area contributed by atoms with E-state index in [0.717, 1.165) is 11.1 Å². The van der Waals surface area contributed by atoms with Gasteiger partial charge in [0.05, 0.1) is 17.1 Å². The van der Waals surface area contributed by atoms with Crippen LogP contribution in [0.4, 0.5) is 5.82 Å². The van der Waals surface area contributed by atoms with Gasteiger partial charge in [0.2, 0.25) is 0 Å². The van der Waals surface area contributed by atoms with Crippen molar-refractivity contribution in [3.8, 4) is 5.75 Å². The molecular weight excluding hydrogens is 450 g/mol. The normalized spacial score (nSPS) is 12.0. The van der Waals surface area contributed by atoms with Crippen molar-refractivity contribution in [2.45, 2.75) is 12.6 Å². The van der Waals surface area contributed by atoms with Gasteiger partial charge >= 0.3 is 0 Å². The average molecular weight is 476 g/mol. The van der Waals surface area contributed by atoms with E-state index in [4.69, 9.17) is 22.1 Å². The summed E-state index contributed by atoms with van der Waals surface area (Å²) in [6.45, 7) is 1.05. The third-order valence-electron chi connectivity index (χ3n) is 5.34. The number of carbonyl (C=O) groups is 1. The maximum absolute atomic E-state index is 12.2. The molecular formula is C26H26ClN5O2. The van der Waals surface area contributed by atoms with Crippen molar-refractivity contribution < 1.29 is 9.53 Å². The molecule has 1 amide bonds. The predicted octanol–water partition coefficient (Wildman–Crippen LogP) is 4.68. The number of nitrogens with one attached hydrogen (secondary N) is 1. The molecule has 174 valence electrons. The molecule has 4 aromatic rings. The van der Waals surface area contributed by atoms with E-state index in [1.165, 1.54) is 6.33 Å². The molecule has 8 heteroatoms. The lowest BCUT2D eigenvalue weighted by Crippen LogP contribution is -2.26. The van der Waals surface area contributed by atoms with Gasteiger partial charge in [-0.2, -0.15) is 0 Å². The van der Waals surface area contributed by atoms with Crippen molar-refractivity contribution in [3.05, 3.63) is 94.8 Å². The van der Waals surface area contributed by atoms with E-state index in [-0.39, 0.29) is 11.6 Å². The largest absolute Gasteiger partial charge is 0.489 e. The van der Waals surface area contributed by atoms with Crippen LogP contribution in [-0.2, 0) is 6.61 Å². The summed E-state index contributed by atoms with van der Waals surface area (Å²) in [5, 5.41) is 4.81. The van der Waals surface area contributed by atoms with E-state index in [2.05, 4.69) is 20.2 Å². The maximum atomic E-state index is 12.2. The number of nitrogens with zero attached hydrogens (tertiary/aromatic N) is 3. The number of rotatable bonds is 9. The molecule has 0 saturated heterocycles. The molecule has 0 aliphatic carbocycles. The minimum Gasteiger partial charge on any atom is -0.489 e. The Bertz CT molecular complexity index is 1300. The maximum Gasteiger partial charge on any atom is 0.251 e. The number of likely N-dealkylation sites (N-methyl/N-ethyl adjacent to an activating group) is 1. The van der Waals surface area contributed by atoms with E-state index in [1.54, 1.807) is 6.07 Å². The van der Waals surface area contributed by atoms with Gasteiger partial charge < -0.3 is 20.7 Å². The Labute approximate surface area is 203 Å². The standard InChI is InChI=1S/C26H26ClN5O2/c1-32(2)14-23(18-9-6-10-19(27)11-18)31-26-22-13-20(34-15-17-7-4-3-5-8-17)12-21(25(28)33)24(22)29-16-30-26/h3-13,16,23H,14-15H2,1-2H3,(H2,28,33)(H,29,30,31). The fourth-order valence-electron chi connectivity index (χ4n) is 3.76. The summed E-state index contributed by atoms with van der Waals surface area (Å²) >= 11 is 6.25. The number of primary amides is 1. The molecule has 7 nitrogen and oxygen atoms in total. The number of halogens is 1. The van der Waals surface area contributed by atoms with Gasteiger partial charge in [-0.25, -0.2) is 9.97 Å². The molecule has 34 heavy (non-hydrogen) atoms. The molecule has 0 aliphatic heterocycles. The van der Waals surface area contributed by atoms with E-state index in [1.807, 2.05) is 74.8 Å². The lowest BCUT2D eigenvalue weighted by atomic mass is 10.1. The van der Waals surface area contributed by atoms with E-state index < -0.39 is 5.91 Å². The first kappa shape index (κ1) is 23.5. The minimum absolute atomic E-state index is 0.113. The number of amides is 1. The number of fused-ring (bicyclic) bond motifs is 1. The van der Waals surface area contributed by atoms with Crippen LogP contribution < -0.4 is 15.8 Å². The van der Waals surface area contributed by atoms with Crippen molar-refractivity contribution in [2.75, 3.05) is 26.0 Å². The van der Waals surface area contributed by atoms with Gasteiger partial charge in [0, 0.05) is 17.0 Å². The first-order chi connectivity index (χ1) is 16.4. The Balaban J connectivity index is 1.73. The smallest absolute Gasteiger partial charge is 0.251 e. The Kier molecular flexibility index (Phi) is 7.25. The van der Waals surface area contributed by atoms with Gasteiger partial charge in [-0.3, -0.25) is 4.79 Å². The topological polar surface area (TPSA) is 93.4 Å². The van der Waals surface area contributed by atoms with Crippen LogP contribution in [0, 0.1) is 0 Å². The molecule has 0 saturated carbocycles. The number of carbonyl (C=O) groups excluding carboxylic acids is 1. The van der Waals surface area contributed by atoms with Crippen LogP contribution in [-0.4, -0.2) is 41.4 Å². The minimum atomic E-state index is -0.584. The SMILES string of the molecule is CN(C)CC(Nc1ncnc2c(C(N)=O)cc(OCc3ccccc3)cc12)c1cccc(Cl)c1. The molecule has 1 atom stereocenters. The Morgan fingerprint density at radius 1 is 1.09 bits per heavy atom. The number of benzene rings is 3. The second-order valence-electron chi connectivity index (χ2n) is 8.24. The summed E-state index contributed by atoms with van der Waals surface area (Å²) in [5.74, 6) is 0.499. The first-order valence-corrected chi connectivity index (χ1v) is 11.2. The van der Waals surface area contributed by atoms with E-state index in [9.17, 15) is 4.79 Å². The summed E-state index contributed by atoms with van der Waals surface area (Å²) < 4.78 is 6.00. The fourth-order valence-corrected chi connectivity index (χ4v) is 3.96. The molecule has 1 unspecified atom stereocenters. The molecule has 1 heterocycles. The number of nitrogens with two attached hydrogens (primary N) is 1. The zero-order valence-corrected chi connectivity index (χ0v) is 19.8. The van der Waals surface area contributed by atoms with Crippen LogP contribution in [0.25, 0.3) is 10.9 Å². The highest BCUT2D eigenvalue weighted by Gasteiger charge is 2.19. The van der Waals surface area contributed by atoms with Crippen molar-refractivity contribution >= 4 is 34.2 Å². The number of hydrogen-bond donors (Lipinski definition) is 2. The fraction of sp³-hybridized carbons (Fsp3) is 0.192. The second kappa shape index (κ2) is 10.5. The van der Waals surface area contributed by atoms with Crippen LogP contribution in [0.1, 0.15) is 27.5 Å². The summed E-state index contributed by atoms with van der Waals surface area (Å²) in [6, 6.07) is 20.8. The molecule has 3 aromatic carbocycles. The molecule has 0 spiro atoms. The highest BCUT2D eigenvalue weighted by Crippen LogP contribution is 2.31. The number of hydrogen-bond acceptors (Lipinski definition) is 6. The lowest BCUT2D eigenvalue weighted by molar-refractivity contribution is 0.100. The summed E-state index contributed by atoms with van der Waals surface area (Å²) in [6.07, 6.45) is 1.42. The van der Waals surface area contributed by atoms with Crippen LogP contribution in [0.15, 0.2) is 73.1 Å². The highest BCUT2D eigenvalue weighted by molar-refractivity contribution is 6.30. The molecule has 1 aromatic heterocycles. The Morgan fingerprint density at radius 3 is 2.59 bits per heavy atom. The van der Waals surface area contributed by atoms with Gasteiger partial charge in [0.1, 0.15) is 24.5 Å². The molecule has 0 radical (unpaired) electrons. The van der Waals surface area contributed by atoms with Crippen LogP contribution in [0.2, 0.25) is 5.02 Å². The lowest BCUT2D eigenvalue weighted by Gasteiger charge is -2.24. The quantitative estimate of drug-likeness (QED) is 0.365. The van der Waals surface area contributed by atoms with Crippen LogP contribution in [0.5, 0.6) is 5.75 Å². The average Bonchev–Trinajstić information content (AvgIpc) is 2.82. The number of ether oxygens (including phenoxy) is 1. The van der Waals surface area contributed by atoms with Gasteiger partial charge in [-0.1, -0.05) is 54.1 Å². The summed E-state index contributed by atoms with van der Waals surface area (Å²) in [5.41, 5.74) is 8.45. The molecule has 0 bridgehead atoms. The van der Waals surface area contributed by atoms with E-state index in [0.29, 0.717) is 40.6 Å². The van der Waals surface area contributed by atoms with Gasteiger partial charge in [0.15, 0.2) is 0 Å². The molecule has 4 rings (SSSR count). The van der Waals surface area contributed by atoms with Crippen LogP contribution >= 0.6 is 11.6 Å². The Hall–Kier alpha value is -3.68. The van der Waals surface area contributed by atoms with Crippen molar-refractivity contribution in [2.24, 2.45) is 5.73 Å². The molecule has 0 fully saturated rings. The molecule has 0 aliphatic rings. The first-order valence-electron chi connectivity index (χ1n) is 10.8. The third-order valence-corrected chi connectivity index (χ3v) is 5.57. The number of anilines is 1. The molecule has 3 N–H and O–H groups in total. The third kappa shape index (κ3) is 5.62. The highest BCUT2D eigenvalue weighted by atomic mass is 35.5. The van der Waals surface area contributed by atoms with Crippen LogP contribution in [0.3, 0.4) is 0 Å². The van der Waals surface area contributed by atoms with Gasteiger partial charge in [-0.05, 0) is 49.5 Å². The monoisotopic (exact) mass is 475 g/mol. The van der Waals surface area contributed by atoms with Gasteiger partial charge in [-0.15, -0.1) is 0 Å². The number of aromatic nitrogens is 2. The van der Waals surface area contributed by atoms with Crippen molar-refractivity contribution in [3.63, 3.8) is 0 Å². The zero-order valence-electron chi connectivity index (χ0n) is 19.0. The Morgan fingerprint density at radius 2 is 1.88 bits per heavy atom. The van der Waals surface area contributed by atoms with Gasteiger partial charge in [0.25, 0.3) is 5.91 Å².